The highest BCUT2D eigenvalue weighted by atomic mass is 35.5. The molecule has 160 valence electrons. The molecule has 0 saturated heterocycles. The number of anilines is 1. The van der Waals surface area contributed by atoms with Gasteiger partial charge in [0.25, 0.3) is 5.91 Å². The summed E-state index contributed by atoms with van der Waals surface area (Å²) in [4.78, 5) is 17.9. The number of halogens is 1. The van der Waals surface area contributed by atoms with E-state index in [1.807, 2.05) is 42.5 Å². The van der Waals surface area contributed by atoms with E-state index in [0.29, 0.717) is 22.2 Å². The molecule has 2 aromatic rings. The van der Waals surface area contributed by atoms with Gasteiger partial charge in [0.05, 0.1) is 25.1 Å². The van der Waals surface area contributed by atoms with Crippen molar-refractivity contribution in [3.05, 3.63) is 58.6 Å². The SMILES string of the molecule is COc1ccc2c(c1)C(c1ccc(Cl)cc1)=N[C@@H](CO[Si](C)(C)C(C)(C)C)C(=O)N2. The smallest absolute Gasteiger partial charge is 0.251 e. The Labute approximate surface area is 184 Å². The monoisotopic (exact) mass is 444 g/mol. The second-order valence-corrected chi connectivity index (χ2v) is 14.2. The zero-order valence-corrected chi connectivity index (χ0v) is 20.1. The molecule has 0 spiro atoms. The van der Waals surface area contributed by atoms with Gasteiger partial charge in [-0.05, 0) is 48.5 Å². The molecule has 0 aliphatic carbocycles. The predicted molar refractivity (Wildman–Crippen MR) is 126 cm³/mol. The summed E-state index contributed by atoms with van der Waals surface area (Å²) in [7, 11) is -0.408. The molecule has 0 fully saturated rings. The fraction of sp³-hybridized carbons (Fsp3) is 0.391. The number of benzodiazepines with no additional fused rings is 1. The van der Waals surface area contributed by atoms with Crippen LogP contribution in [0.1, 0.15) is 31.9 Å². The number of benzene rings is 2. The lowest BCUT2D eigenvalue weighted by atomic mass is 10.0. The van der Waals surface area contributed by atoms with Crippen LogP contribution in [0.15, 0.2) is 47.5 Å². The average molecular weight is 445 g/mol. The second kappa shape index (κ2) is 8.53. The summed E-state index contributed by atoms with van der Waals surface area (Å²) in [6, 6.07) is 12.4. The maximum absolute atomic E-state index is 13.0. The lowest BCUT2D eigenvalue weighted by Gasteiger charge is -2.36. The number of fused-ring (bicyclic) bond motifs is 1. The van der Waals surface area contributed by atoms with Gasteiger partial charge in [0.15, 0.2) is 14.4 Å². The summed E-state index contributed by atoms with van der Waals surface area (Å²) in [5.74, 6) is 0.518. The number of nitrogens with one attached hydrogen (secondary N) is 1. The van der Waals surface area contributed by atoms with Crippen molar-refractivity contribution < 1.29 is 14.0 Å². The van der Waals surface area contributed by atoms with E-state index in [9.17, 15) is 4.79 Å². The molecular formula is C23H29ClN2O3Si. The van der Waals surface area contributed by atoms with Crippen LogP contribution in [0.4, 0.5) is 5.69 Å². The Bertz CT molecular complexity index is 965. The van der Waals surface area contributed by atoms with Gasteiger partial charge in [-0.1, -0.05) is 44.5 Å². The first kappa shape index (κ1) is 22.5. The van der Waals surface area contributed by atoms with E-state index in [2.05, 4.69) is 39.2 Å². The minimum Gasteiger partial charge on any atom is -0.497 e. The summed E-state index contributed by atoms with van der Waals surface area (Å²) in [5.41, 5.74) is 3.09. The molecular weight excluding hydrogens is 416 g/mol. The fourth-order valence-electron chi connectivity index (χ4n) is 2.91. The third kappa shape index (κ3) is 4.77. The first-order valence-corrected chi connectivity index (χ1v) is 13.3. The molecule has 1 aliphatic rings. The van der Waals surface area contributed by atoms with E-state index in [-0.39, 0.29) is 17.6 Å². The van der Waals surface area contributed by atoms with E-state index in [1.165, 1.54) is 0 Å². The quantitative estimate of drug-likeness (QED) is 0.617. The van der Waals surface area contributed by atoms with Crippen LogP contribution in [0.2, 0.25) is 23.2 Å². The van der Waals surface area contributed by atoms with Crippen LogP contribution in [0.25, 0.3) is 0 Å². The van der Waals surface area contributed by atoms with Crippen molar-refractivity contribution in [2.75, 3.05) is 19.0 Å². The molecule has 1 amide bonds. The van der Waals surface area contributed by atoms with Crippen molar-refractivity contribution >= 4 is 37.2 Å². The Morgan fingerprint density at radius 1 is 1.13 bits per heavy atom. The van der Waals surface area contributed by atoms with Crippen molar-refractivity contribution in [2.45, 2.75) is 44.9 Å². The zero-order chi connectivity index (χ0) is 22.1. The number of amides is 1. The normalized spacial score (nSPS) is 17.0. The van der Waals surface area contributed by atoms with E-state index in [4.69, 9.17) is 25.8 Å². The van der Waals surface area contributed by atoms with Gasteiger partial charge < -0.3 is 14.5 Å². The molecule has 0 unspecified atom stereocenters. The number of rotatable bonds is 5. The van der Waals surface area contributed by atoms with Crippen molar-refractivity contribution in [1.82, 2.24) is 0 Å². The molecule has 0 aromatic heterocycles. The van der Waals surface area contributed by atoms with Crippen LogP contribution in [0, 0.1) is 0 Å². The van der Waals surface area contributed by atoms with E-state index in [0.717, 1.165) is 11.1 Å². The predicted octanol–water partition coefficient (Wildman–Crippen LogP) is 5.53. The minimum atomic E-state index is -2.02. The molecule has 2 aromatic carbocycles. The number of methoxy groups -OCH3 is 1. The topological polar surface area (TPSA) is 59.9 Å². The molecule has 1 atom stereocenters. The number of hydrogen-bond donors (Lipinski definition) is 1. The maximum atomic E-state index is 13.0. The van der Waals surface area contributed by atoms with E-state index >= 15 is 0 Å². The van der Waals surface area contributed by atoms with Crippen LogP contribution >= 0.6 is 11.6 Å². The van der Waals surface area contributed by atoms with Crippen LogP contribution in [-0.4, -0.2) is 39.7 Å². The number of carbonyl (C=O) groups is 1. The lowest BCUT2D eigenvalue weighted by Crippen LogP contribution is -2.44. The first-order valence-electron chi connectivity index (χ1n) is 9.99. The van der Waals surface area contributed by atoms with Crippen LogP contribution in [-0.2, 0) is 9.22 Å². The molecule has 0 saturated carbocycles. The van der Waals surface area contributed by atoms with Gasteiger partial charge >= 0.3 is 0 Å². The number of ether oxygens (including phenoxy) is 1. The molecule has 0 bridgehead atoms. The Balaban J connectivity index is 2.04. The Kier molecular flexibility index (Phi) is 6.41. The lowest BCUT2D eigenvalue weighted by molar-refractivity contribution is -0.117. The number of carbonyl (C=O) groups excluding carboxylic acids is 1. The highest BCUT2D eigenvalue weighted by molar-refractivity contribution is 6.74. The second-order valence-electron chi connectivity index (χ2n) is 8.97. The van der Waals surface area contributed by atoms with Crippen LogP contribution in [0.5, 0.6) is 5.75 Å². The molecule has 30 heavy (non-hydrogen) atoms. The van der Waals surface area contributed by atoms with Gasteiger partial charge in [-0.3, -0.25) is 9.79 Å². The average Bonchev–Trinajstić information content (AvgIpc) is 2.82. The molecule has 5 nitrogen and oxygen atoms in total. The van der Waals surface area contributed by atoms with Crippen molar-refractivity contribution in [2.24, 2.45) is 4.99 Å². The van der Waals surface area contributed by atoms with Crippen molar-refractivity contribution in [3.63, 3.8) is 0 Å². The third-order valence-electron chi connectivity index (χ3n) is 5.85. The summed E-state index contributed by atoms with van der Waals surface area (Å²) in [5, 5.41) is 3.70. The summed E-state index contributed by atoms with van der Waals surface area (Å²) >= 11 is 6.08. The van der Waals surface area contributed by atoms with E-state index in [1.54, 1.807) is 7.11 Å². The largest absolute Gasteiger partial charge is 0.497 e. The number of nitrogens with zero attached hydrogens (tertiary/aromatic N) is 1. The van der Waals surface area contributed by atoms with Crippen molar-refractivity contribution in [3.8, 4) is 5.75 Å². The Morgan fingerprint density at radius 3 is 2.40 bits per heavy atom. The minimum absolute atomic E-state index is 0.0489. The first-order chi connectivity index (χ1) is 14.0. The fourth-order valence-corrected chi connectivity index (χ4v) is 4.04. The van der Waals surface area contributed by atoms with Gasteiger partial charge in [0, 0.05) is 16.1 Å². The van der Waals surface area contributed by atoms with Gasteiger partial charge in [0.2, 0.25) is 0 Å². The van der Waals surface area contributed by atoms with Gasteiger partial charge in [-0.15, -0.1) is 0 Å². The number of aliphatic imine (C=N–C) groups is 1. The summed E-state index contributed by atoms with van der Waals surface area (Å²) in [6.07, 6.45) is 0. The number of hydrogen-bond acceptors (Lipinski definition) is 4. The van der Waals surface area contributed by atoms with Crippen LogP contribution < -0.4 is 10.1 Å². The van der Waals surface area contributed by atoms with Gasteiger partial charge in [-0.25, -0.2) is 0 Å². The standard InChI is InChI=1S/C23H29ClN2O3Si/c1-23(2,3)30(5,6)29-14-20-22(27)26-19-12-11-17(28-4)13-18(19)21(25-20)15-7-9-16(24)10-8-15/h7-13,20H,14H2,1-6H3,(H,26,27)/t20-/m0/s1. The molecule has 1 N–H and O–H groups in total. The molecule has 1 heterocycles. The van der Waals surface area contributed by atoms with E-state index < -0.39 is 14.4 Å². The Morgan fingerprint density at radius 2 is 1.80 bits per heavy atom. The molecule has 3 rings (SSSR count). The third-order valence-corrected chi connectivity index (χ3v) is 10.6. The summed E-state index contributed by atoms with van der Waals surface area (Å²) in [6.45, 7) is 11.1. The van der Waals surface area contributed by atoms with Gasteiger partial charge in [-0.2, -0.15) is 0 Å². The summed E-state index contributed by atoms with van der Waals surface area (Å²) < 4.78 is 11.7. The Hall–Kier alpha value is -2.15. The highest BCUT2D eigenvalue weighted by Crippen LogP contribution is 2.37. The van der Waals surface area contributed by atoms with Crippen molar-refractivity contribution in [1.29, 1.82) is 0 Å². The molecule has 0 radical (unpaired) electrons. The highest BCUT2D eigenvalue weighted by Gasteiger charge is 2.38. The molecule has 7 heteroatoms. The molecule has 1 aliphatic heterocycles. The zero-order valence-electron chi connectivity index (χ0n) is 18.4. The maximum Gasteiger partial charge on any atom is 0.251 e. The van der Waals surface area contributed by atoms with Gasteiger partial charge in [0.1, 0.15) is 5.75 Å². The van der Waals surface area contributed by atoms with Crippen LogP contribution in [0.3, 0.4) is 0 Å².